The van der Waals surface area contributed by atoms with E-state index < -0.39 is 0 Å². The normalized spacial score (nSPS) is 13.4. The van der Waals surface area contributed by atoms with Crippen LogP contribution in [0.3, 0.4) is 0 Å². The van der Waals surface area contributed by atoms with E-state index >= 15 is 0 Å². The zero-order valence-corrected chi connectivity index (χ0v) is 12.0. The highest BCUT2D eigenvalue weighted by atomic mass is 15.0. The van der Waals surface area contributed by atoms with Gasteiger partial charge in [0.05, 0.1) is 11.0 Å². The molecule has 0 spiro atoms. The number of aryl methyl sites for hydroxylation is 2. The van der Waals surface area contributed by atoms with Gasteiger partial charge in [0.15, 0.2) is 0 Å². The van der Waals surface area contributed by atoms with Crippen molar-refractivity contribution < 1.29 is 0 Å². The fourth-order valence-corrected chi connectivity index (χ4v) is 1.99. The molecule has 0 aliphatic heterocycles. The second-order valence-corrected chi connectivity index (χ2v) is 5.45. The molecule has 1 heterocycles. The van der Waals surface area contributed by atoms with E-state index in [0.717, 1.165) is 17.9 Å². The predicted molar refractivity (Wildman–Crippen MR) is 76.6 cm³/mol. The standard InChI is InChI=1S/C15H23N3/c1-10(2)11(3)16-9-13-6-7-15-14(8-13)17-12(4)18(15)5/h6-8,10-11,16H,9H2,1-5H3/t11-/m0/s1. The van der Waals surface area contributed by atoms with Crippen LogP contribution in [0.5, 0.6) is 0 Å². The van der Waals surface area contributed by atoms with Crippen LogP contribution in [0.25, 0.3) is 11.0 Å². The van der Waals surface area contributed by atoms with Crippen LogP contribution in [0, 0.1) is 12.8 Å². The first-order valence-corrected chi connectivity index (χ1v) is 6.64. The second-order valence-electron chi connectivity index (χ2n) is 5.45. The van der Waals surface area contributed by atoms with Gasteiger partial charge < -0.3 is 9.88 Å². The minimum absolute atomic E-state index is 0.533. The van der Waals surface area contributed by atoms with E-state index in [2.05, 4.69) is 60.9 Å². The number of benzene rings is 1. The number of rotatable bonds is 4. The summed E-state index contributed by atoms with van der Waals surface area (Å²) in [5.41, 5.74) is 3.59. The fraction of sp³-hybridized carbons (Fsp3) is 0.533. The van der Waals surface area contributed by atoms with Gasteiger partial charge in [0.1, 0.15) is 5.82 Å². The summed E-state index contributed by atoms with van der Waals surface area (Å²) in [5.74, 6) is 1.72. The Morgan fingerprint density at radius 2 is 2.00 bits per heavy atom. The minimum atomic E-state index is 0.533. The van der Waals surface area contributed by atoms with Crippen molar-refractivity contribution in [2.75, 3.05) is 0 Å². The van der Waals surface area contributed by atoms with Crippen LogP contribution < -0.4 is 5.32 Å². The molecule has 0 fully saturated rings. The molecule has 3 heteroatoms. The van der Waals surface area contributed by atoms with Crippen molar-refractivity contribution in [3.05, 3.63) is 29.6 Å². The molecule has 98 valence electrons. The summed E-state index contributed by atoms with van der Waals surface area (Å²) < 4.78 is 2.13. The van der Waals surface area contributed by atoms with Crippen LogP contribution >= 0.6 is 0 Å². The van der Waals surface area contributed by atoms with Gasteiger partial charge in [0, 0.05) is 19.6 Å². The van der Waals surface area contributed by atoms with Crippen LogP contribution in [0.4, 0.5) is 0 Å². The lowest BCUT2D eigenvalue weighted by molar-refractivity contribution is 0.426. The third-order valence-corrected chi connectivity index (χ3v) is 3.80. The molecule has 1 aromatic heterocycles. The minimum Gasteiger partial charge on any atom is -0.331 e. The highest BCUT2D eigenvalue weighted by Gasteiger charge is 2.08. The van der Waals surface area contributed by atoms with E-state index in [0.29, 0.717) is 12.0 Å². The number of hydrogen-bond acceptors (Lipinski definition) is 2. The van der Waals surface area contributed by atoms with Gasteiger partial charge in [0.25, 0.3) is 0 Å². The van der Waals surface area contributed by atoms with Crippen molar-refractivity contribution in [2.24, 2.45) is 13.0 Å². The van der Waals surface area contributed by atoms with Gasteiger partial charge in [0.2, 0.25) is 0 Å². The van der Waals surface area contributed by atoms with Crippen molar-refractivity contribution in [1.82, 2.24) is 14.9 Å². The molecule has 2 rings (SSSR count). The molecule has 1 N–H and O–H groups in total. The number of imidazole rings is 1. The van der Waals surface area contributed by atoms with Gasteiger partial charge in [-0.25, -0.2) is 4.98 Å². The van der Waals surface area contributed by atoms with E-state index in [1.165, 1.54) is 11.1 Å². The number of hydrogen-bond donors (Lipinski definition) is 1. The molecule has 0 aliphatic rings. The van der Waals surface area contributed by atoms with E-state index in [1.807, 2.05) is 6.92 Å². The zero-order chi connectivity index (χ0) is 13.3. The maximum Gasteiger partial charge on any atom is 0.106 e. The third-order valence-electron chi connectivity index (χ3n) is 3.80. The Morgan fingerprint density at radius 1 is 1.28 bits per heavy atom. The quantitative estimate of drug-likeness (QED) is 0.897. The van der Waals surface area contributed by atoms with E-state index in [9.17, 15) is 0 Å². The van der Waals surface area contributed by atoms with Crippen LogP contribution in [-0.4, -0.2) is 15.6 Å². The first-order chi connectivity index (χ1) is 8.49. The molecular formula is C15H23N3. The maximum atomic E-state index is 4.57. The highest BCUT2D eigenvalue weighted by Crippen LogP contribution is 2.16. The molecule has 0 radical (unpaired) electrons. The average Bonchev–Trinajstić information content (AvgIpc) is 2.61. The van der Waals surface area contributed by atoms with E-state index in [-0.39, 0.29) is 0 Å². The summed E-state index contributed by atoms with van der Waals surface area (Å²) in [7, 11) is 2.06. The Hall–Kier alpha value is -1.35. The summed E-state index contributed by atoms with van der Waals surface area (Å²) in [6.45, 7) is 9.66. The molecule has 0 amide bonds. The predicted octanol–water partition coefficient (Wildman–Crippen LogP) is 3.02. The molecule has 3 nitrogen and oxygen atoms in total. The van der Waals surface area contributed by atoms with Crippen LogP contribution in [-0.2, 0) is 13.6 Å². The number of aromatic nitrogens is 2. The largest absolute Gasteiger partial charge is 0.331 e. The van der Waals surface area contributed by atoms with Gasteiger partial charge in [-0.1, -0.05) is 19.9 Å². The highest BCUT2D eigenvalue weighted by molar-refractivity contribution is 5.76. The zero-order valence-electron chi connectivity index (χ0n) is 12.0. The van der Waals surface area contributed by atoms with Crippen molar-refractivity contribution in [2.45, 2.75) is 40.3 Å². The molecule has 0 unspecified atom stereocenters. The van der Waals surface area contributed by atoms with Gasteiger partial charge in [-0.05, 0) is 37.5 Å². The fourth-order valence-electron chi connectivity index (χ4n) is 1.99. The Morgan fingerprint density at radius 3 is 2.67 bits per heavy atom. The van der Waals surface area contributed by atoms with Crippen molar-refractivity contribution in [3.63, 3.8) is 0 Å². The summed E-state index contributed by atoms with van der Waals surface area (Å²) >= 11 is 0. The van der Waals surface area contributed by atoms with E-state index in [4.69, 9.17) is 0 Å². The van der Waals surface area contributed by atoms with Crippen molar-refractivity contribution >= 4 is 11.0 Å². The molecule has 0 aliphatic carbocycles. The van der Waals surface area contributed by atoms with Crippen LogP contribution in [0.1, 0.15) is 32.2 Å². The summed E-state index contributed by atoms with van der Waals surface area (Å²) in [4.78, 5) is 4.57. The molecule has 0 saturated carbocycles. The van der Waals surface area contributed by atoms with Gasteiger partial charge in [-0.15, -0.1) is 0 Å². The summed E-state index contributed by atoms with van der Waals surface area (Å²) in [6.07, 6.45) is 0. The molecular weight excluding hydrogens is 222 g/mol. The topological polar surface area (TPSA) is 29.9 Å². The molecule has 0 bridgehead atoms. The number of nitrogens with zero attached hydrogens (tertiary/aromatic N) is 2. The van der Waals surface area contributed by atoms with Gasteiger partial charge in [-0.2, -0.15) is 0 Å². The molecule has 0 saturated heterocycles. The monoisotopic (exact) mass is 245 g/mol. The van der Waals surface area contributed by atoms with Crippen molar-refractivity contribution in [1.29, 1.82) is 0 Å². The van der Waals surface area contributed by atoms with E-state index in [1.54, 1.807) is 0 Å². The van der Waals surface area contributed by atoms with Crippen molar-refractivity contribution in [3.8, 4) is 0 Å². The smallest absolute Gasteiger partial charge is 0.106 e. The van der Waals surface area contributed by atoms with Gasteiger partial charge in [-0.3, -0.25) is 0 Å². The molecule has 18 heavy (non-hydrogen) atoms. The SMILES string of the molecule is Cc1nc2cc(CN[C@@H](C)C(C)C)ccc2n1C. The number of fused-ring (bicyclic) bond motifs is 1. The summed E-state index contributed by atoms with van der Waals surface area (Å²) in [5, 5.41) is 3.55. The lowest BCUT2D eigenvalue weighted by Gasteiger charge is -2.17. The molecule has 2 aromatic rings. The number of nitrogens with one attached hydrogen (secondary N) is 1. The summed E-state index contributed by atoms with van der Waals surface area (Å²) in [6, 6.07) is 7.06. The first kappa shape index (κ1) is 13.1. The third kappa shape index (κ3) is 2.56. The van der Waals surface area contributed by atoms with Crippen LogP contribution in [0.2, 0.25) is 0 Å². The first-order valence-electron chi connectivity index (χ1n) is 6.64. The molecule has 1 atom stereocenters. The van der Waals surface area contributed by atoms with Crippen LogP contribution in [0.15, 0.2) is 18.2 Å². The molecule has 1 aromatic carbocycles. The second kappa shape index (κ2) is 5.11. The lowest BCUT2D eigenvalue weighted by Crippen LogP contribution is -2.30. The maximum absolute atomic E-state index is 4.57. The Bertz CT molecular complexity index is 540. The lowest BCUT2D eigenvalue weighted by atomic mass is 10.1. The Balaban J connectivity index is 2.15. The Kier molecular flexibility index (Phi) is 3.71. The average molecular weight is 245 g/mol. The van der Waals surface area contributed by atoms with Gasteiger partial charge >= 0.3 is 0 Å². The Labute approximate surface area is 109 Å².